The number of hydrogen-bond acceptors (Lipinski definition) is 3. The Morgan fingerprint density at radius 3 is 2.04 bits per heavy atom. The fourth-order valence-corrected chi connectivity index (χ4v) is 2.37. The normalized spacial score (nSPS) is 12.4. The molecule has 23 heavy (non-hydrogen) atoms. The third-order valence-electron chi connectivity index (χ3n) is 3.53. The second kappa shape index (κ2) is 7.95. The molecule has 2 aromatic carbocycles. The maximum Gasteiger partial charge on any atom is 0.317 e. The van der Waals surface area contributed by atoms with Crippen molar-refractivity contribution < 1.29 is 14.3 Å². The highest BCUT2D eigenvalue weighted by Crippen LogP contribution is 2.26. The Balaban J connectivity index is 2.46. The van der Waals surface area contributed by atoms with Crippen molar-refractivity contribution in [2.45, 2.75) is 12.8 Å². The van der Waals surface area contributed by atoms with E-state index in [4.69, 9.17) is 4.74 Å². The number of Topliss-reactive ketones (excluding diaryl/α,β-unsaturated/α-hetero) is 1. The Kier molecular flexibility index (Phi) is 5.71. The molecule has 0 amide bonds. The molecule has 0 aliphatic rings. The van der Waals surface area contributed by atoms with Crippen LogP contribution in [0.5, 0.6) is 0 Å². The first-order chi connectivity index (χ1) is 11.1. The minimum atomic E-state index is -0.932. The zero-order valence-corrected chi connectivity index (χ0v) is 13.2. The summed E-state index contributed by atoms with van der Waals surface area (Å²) in [6.07, 6.45) is 0. The number of carbonyl (C=O) groups is 2. The van der Waals surface area contributed by atoms with Gasteiger partial charge in [0, 0.05) is 5.56 Å². The van der Waals surface area contributed by atoms with Crippen LogP contribution in [0.3, 0.4) is 0 Å². The van der Waals surface area contributed by atoms with E-state index in [0.29, 0.717) is 0 Å². The van der Waals surface area contributed by atoms with Crippen molar-refractivity contribution >= 4 is 11.8 Å². The summed E-state index contributed by atoms with van der Waals surface area (Å²) in [7, 11) is 1.28. The minimum absolute atomic E-state index is 0.256. The van der Waals surface area contributed by atoms with Gasteiger partial charge in [-0.05, 0) is 24.6 Å². The number of ether oxygens (including phenoxy) is 1. The zero-order valence-electron chi connectivity index (χ0n) is 13.2. The lowest BCUT2D eigenvalue weighted by Gasteiger charge is -2.19. The van der Waals surface area contributed by atoms with Gasteiger partial charge in [-0.3, -0.25) is 9.59 Å². The van der Waals surface area contributed by atoms with Crippen LogP contribution < -0.4 is 0 Å². The summed E-state index contributed by atoms with van der Waals surface area (Å²) in [5, 5.41) is 0. The van der Waals surface area contributed by atoms with Crippen LogP contribution in [0, 0.1) is 17.8 Å². The van der Waals surface area contributed by atoms with Crippen LogP contribution in [-0.4, -0.2) is 18.9 Å². The van der Waals surface area contributed by atoms with Gasteiger partial charge in [-0.2, -0.15) is 0 Å². The third-order valence-corrected chi connectivity index (χ3v) is 3.53. The quantitative estimate of drug-likeness (QED) is 0.495. The Morgan fingerprint density at radius 1 is 0.957 bits per heavy atom. The largest absolute Gasteiger partial charge is 0.468 e. The molecule has 0 saturated heterocycles. The summed E-state index contributed by atoms with van der Waals surface area (Å²) in [6, 6.07) is 18.8. The number of rotatable bonds is 4. The van der Waals surface area contributed by atoms with Crippen LogP contribution in [0.4, 0.5) is 0 Å². The lowest BCUT2D eigenvalue weighted by Crippen LogP contribution is -2.29. The Hall–Kier alpha value is -2.86. The van der Waals surface area contributed by atoms with Crippen molar-refractivity contribution in [1.82, 2.24) is 0 Å². The molecule has 0 radical (unpaired) electrons. The number of methoxy groups -OCH3 is 1. The number of hydrogen-bond donors (Lipinski definition) is 0. The van der Waals surface area contributed by atoms with Gasteiger partial charge >= 0.3 is 5.97 Å². The second-order valence-corrected chi connectivity index (χ2v) is 5.14. The Labute approximate surface area is 136 Å². The van der Waals surface area contributed by atoms with Gasteiger partial charge in [-0.15, -0.1) is 0 Å². The van der Waals surface area contributed by atoms with Crippen LogP contribution in [0.15, 0.2) is 60.7 Å². The predicted octanol–water partition coefficient (Wildman–Crippen LogP) is 3.20. The molecule has 3 heteroatoms. The van der Waals surface area contributed by atoms with E-state index < -0.39 is 17.8 Å². The van der Waals surface area contributed by atoms with Gasteiger partial charge in [0.25, 0.3) is 0 Å². The standard InChI is InChI=1S/C20H18O3/c1-15(21)19(20(22)23-2)18(17-11-7-4-8-12-17)14-13-16-9-5-3-6-10-16/h3-12,18-19H,1-2H3. The molecule has 2 aromatic rings. The third kappa shape index (κ3) is 4.31. The molecule has 0 heterocycles. The van der Waals surface area contributed by atoms with Gasteiger partial charge in [-0.1, -0.05) is 60.4 Å². The number of benzene rings is 2. The van der Waals surface area contributed by atoms with E-state index in [0.717, 1.165) is 11.1 Å². The van der Waals surface area contributed by atoms with Crippen LogP contribution in [0.25, 0.3) is 0 Å². The first-order valence-electron chi connectivity index (χ1n) is 7.33. The van der Waals surface area contributed by atoms with Crippen molar-refractivity contribution in [3.63, 3.8) is 0 Å². The molecule has 0 bridgehead atoms. The van der Waals surface area contributed by atoms with Gasteiger partial charge < -0.3 is 4.74 Å². The van der Waals surface area contributed by atoms with E-state index in [2.05, 4.69) is 11.8 Å². The van der Waals surface area contributed by atoms with Crippen molar-refractivity contribution in [2.24, 2.45) is 5.92 Å². The molecular weight excluding hydrogens is 288 g/mol. The molecule has 2 unspecified atom stereocenters. The monoisotopic (exact) mass is 306 g/mol. The number of ketones is 1. The summed E-state index contributed by atoms with van der Waals surface area (Å²) >= 11 is 0. The first kappa shape index (κ1) is 16.5. The van der Waals surface area contributed by atoms with E-state index in [-0.39, 0.29) is 5.78 Å². The zero-order chi connectivity index (χ0) is 16.7. The van der Waals surface area contributed by atoms with E-state index >= 15 is 0 Å². The maximum atomic E-state index is 12.1. The molecule has 0 aliphatic heterocycles. The van der Waals surface area contributed by atoms with Crippen molar-refractivity contribution in [2.75, 3.05) is 7.11 Å². The number of carbonyl (C=O) groups excluding carboxylic acids is 2. The topological polar surface area (TPSA) is 43.4 Å². The molecule has 2 rings (SSSR count). The average molecular weight is 306 g/mol. The molecule has 0 aromatic heterocycles. The summed E-state index contributed by atoms with van der Waals surface area (Å²) in [5.74, 6) is 3.83. The van der Waals surface area contributed by atoms with E-state index in [1.165, 1.54) is 14.0 Å². The first-order valence-corrected chi connectivity index (χ1v) is 7.33. The summed E-state index contributed by atoms with van der Waals surface area (Å²) in [4.78, 5) is 24.1. The van der Waals surface area contributed by atoms with Crippen molar-refractivity contribution in [3.8, 4) is 11.8 Å². The second-order valence-electron chi connectivity index (χ2n) is 5.14. The van der Waals surface area contributed by atoms with Gasteiger partial charge in [0.15, 0.2) is 0 Å². The summed E-state index contributed by atoms with van der Waals surface area (Å²) < 4.78 is 4.80. The Morgan fingerprint density at radius 2 is 1.52 bits per heavy atom. The van der Waals surface area contributed by atoms with Crippen LogP contribution in [0.2, 0.25) is 0 Å². The maximum absolute atomic E-state index is 12.1. The molecule has 0 saturated carbocycles. The lowest BCUT2D eigenvalue weighted by atomic mass is 9.84. The highest BCUT2D eigenvalue weighted by Gasteiger charge is 2.33. The molecule has 0 fully saturated rings. The molecular formula is C20H18O3. The number of esters is 1. The van der Waals surface area contributed by atoms with E-state index in [9.17, 15) is 9.59 Å². The summed E-state index contributed by atoms with van der Waals surface area (Å²) in [6.45, 7) is 1.39. The summed E-state index contributed by atoms with van der Waals surface area (Å²) in [5.41, 5.74) is 1.65. The predicted molar refractivity (Wildman–Crippen MR) is 88.7 cm³/mol. The fraction of sp³-hybridized carbons (Fsp3) is 0.200. The molecule has 0 spiro atoms. The fourth-order valence-electron chi connectivity index (χ4n) is 2.37. The van der Waals surface area contributed by atoms with E-state index in [1.807, 2.05) is 60.7 Å². The molecule has 116 valence electrons. The Bertz CT molecular complexity index is 724. The van der Waals surface area contributed by atoms with Gasteiger partial charge in [0.1, 0.15) is 11.7 Å². The molecule has 2 atom stereocenters. The van der Waals surface area contributed by atoms with Crippen molar-refractivity contribution in [3.05, 3.63) is 71.8 Å². The van der Waals surface area contributed by atoms with Crippen LogP contribution in [0.1, 0.15) is 24.0 Å². The van der Waals surface area contributed by atoms with Gasteiger partial charge in [0.2, 0.25) is 0 Å². The van der Waals surface area contributed by atoms with Gasteiger partial charge in [-0.25, -0.2) is 0 Å². The highest BCUT2D eigenvalue weighted by molar-refractivity contribution is 5.99. The minimum Gasteiger partial charge on any atom is -0.468 e. The van der Waals surface area contributed by atoms with Crippen LogP contribution >= 0.6 is 0 Å². The average Bonchev–Trinajstić information content (AvgIpc) is 2.59. The molecule has 0 N–H and O–H groups in total. The van der Waals surface area contributed by atoms with Crippen LogP contribution in [-0.2, 0) is 14.3 Å². The SMILES string of the molecule is COC(=O)C(C(C)=O)C(C#Cc1ccccc1)c1ccccc1. The van der Waals surface area contributed by atoms with Gasteiger partial charge in [0.05, 0.1) is 13.0 Å². The van der Waals surface area contributed by atoms with Crippen molar-refractivity contribution in [1.29, 1.82) is 0 Å². The van der Waals surface area contributed by atoms with E-state index in [1.54, 1.807) is 0 Å². The highest BCUT2D eigenvalue weighted by atomic mass is 16.5. The molecule has 3 nitrogen and oxygen atoms in total. The lowest BCUT2D eigenvalue weighted by molar-refractivity contribution is -0.149. The smallest absolute Gasteiger partial charge is 0.317 e. The molecule has 0 aliphatic carbocycles.